The number of anilines is 1. The van der Waals surface area contributed by atoms with Crippen LogP contribution in [0.1, 0.15) is 54.2 Å². The van der Waals surface area contributed by atoms with E-state index in [-0.39, 0.29) is 5.97 Å². The number of likely N-dealkylation sites (N-methyl/N-ethyl adjacent to an activating group) is 1. The van der Waals surface area contributed by atoms with Crippen molar-refractivity contribution in [3.05, 3.63) is 117 Å². The fourth-order valence-corrected chi connectivity index (χ4v) is 5.37. The maximum atomic E-state index is 12.6. The summed E-state index contributed by atoms with van der Waals surface area (Å²) in [6.45, 7) is 14.8. The zero-order valence-corrected chi connectivity index (χ0v) is 23.9. The predicted molar refractivity (Wildman–Crippen MR) is 159 cm³/mol. The number of esters is 1. The number of carbonyl (C=O) groups excluding carboxylic acids is 1. The van der Waals surface area contributed by atoms with Gasteiger partial charge < -0.3 is 9.64 Å². The molecule has 196 valence electrons. The van der Waals surface area contributed by atoms with E-state index in [0.717, 1.165) is 29.0 Å². The van der Waals surface area contributed by atoms with Crippen LogP contribution >= 0.6 is 0 Å². The molecule has 3 heterocycles. The van der Waals surface area contributed by atoms with Crippen molar-refractivity contribution in [1.29, 1.82) is 0 Å². The van der Waals surface area contributed by atoms with E-state index in [2.05, 4.69) is 62.9 Å². The SMILES string of the molecule is CC.CC1=C(C2=Nc3ccccc3C2)C(=O)OC1=CC=CC=CC=C1Cc2c(C)c(C)c(C)c(C)c2N1C. The van der Waals surface area contributed by atoms with Crippen LogP contribution in [0, 0.1) is 27.7 Å². The molecule has 0 saturated heterocycles. The highest BCUT2D eigenvalue weighted by atomic mass is 16.5. The monoisotopic (exact) mass is 506 g/mol. The number of para-hydroxylation sites is 1. The average Bonchev–Trinajstić information content (AvgIpc) is 3.57. The van der Waals surface area contributed by atoms with Crippen molar-refractivity contribution in [2.75, 3.05) is 11.9 Å². The molecule has 0 aliphatic carbocycles. The van der Waals surface area contributed by atoms with Crippen LogP contribution in [0.2, 0.25) is 0 Å². The Morgan fingerprint density at radius 3 is 2.21 bits per heavy atom. The van der Waals surface area contributed by atoms with Crippen LogP contribution in [0.5, 0.6) is 0 Å². The van der Waals surface area contributed by atoms with E-state index in [1.807, 2.05) is 63.3 Å². The van der Waals surface area contributed by atoms with Gasteiger partial charge in [-0.3, -0.25) is 4.99 Å². The highest BCUT2D eigenvalue weighted by molar-refractivity contribution is 6.24. The van der Waals surface area contributed by atoms with Gasteiger partial charge in [-0.15, -0.1) is 0 Å². The van der Waals surface area contributed by atoms with Crippen LogP contribution in [-0.2, 0) is 22.4 Å². The molecular weight excluding hydrogens is 468 g/mol. The number of allylic oxidation sites excluding steroid dienone is 8. The Kier molecular flexibility index (Phi) is 8.01. The van der Waals surface area contributed by atoms with Crippen molar-refractivity contribution >= 4 is 23.1 Å². The zero-order valence-electron chi connectivity index (χ0n) is 23.9. The number of cyclic esters (lactones) is 1. The molecule has 0 atom stereocenters. The Hall–Kier alpha value is -3.92. The second-order valence-electron chi connectivity index (χ2n) is 9.78. The van der Waals surface area contributed by atoms with Gasteiger partial charge in [-0.05, 0) is 86.2 Å². The Balaban J connectivity index is 0.00000164. The van der Waals surface area contributed by atoms with Crippen molar-refractivity contribution in [2.24, 2.45) is 4.99 Å². The standard InChI is InChI=1S/C32H32N2O2.C2H6/c1-19-20(2)22(4)31-26(21(19)3)18-25(34(31)6)14-9-7-8-10-16-29-23(5)30(32(35)36-29)28-17-24-13-11-12-15-27(24)33-28;1-2/h7-16H,17-18H2,1-6H3;1-2H3. The molecule has 0 saturated carbocycles. The molecular formula is C34H38N2O2. The minimum absolute atomic E-state index is 0.320. The third kappa shape index (κ3) is 4.83. The third-order valence-corrected chi connectivity index (χ3v) is 7.82. The van der Waals surface area contributed by atoms with Gasteiger partial charge in [0.05, 0.1) is 17.0 Å². The van der Waals surface area contributed by atoms with Crippen LogP contribution in [0.3, 0.4) is 0 Å². The fraction of sp³-hybridized carbons (Fsp3) is 0.294. The number of carbonyl (C=O) groups is 1. The summed E-state index contributed by atoms with van der Waals surface area (Å²) in [7, 11) is 2.15. The summed E-state index contributed by atoms with van der Waals surface area (Å²) in [5.74, 6) is 0.262. The van der Waals surface area contributed by atoms with Crippen molar-refractivity contribution in [3.63, 3.8) is 0 Å². The van der Waals surface area contributed by atoms with Crippen LogP contribution in [0.4, 0.5) is 11.4 Å². The first-order valence-electron chi connectivity index (χ1n) is 13.4. The molecule has 2 aromatic carbocycles. The second-order valence-corrected chi connectivity index (χ2v) is 9.78. The van der Waals surface area contributed by atoms with E-state index >= 15 is 0 Å². The van der Waals surface area contributed by atoms with Gasteiger partial charge in [-0.25, -0.2) is 4.79 Å². The predicted octanol–water partition coefficient (Wildman–Crippen LogP) is 8.02. The molecule has 0 spiro atoms. The number of ether oxygens (including phenoxy) is 1. The molecule has 38 heavy (non-hydrogen) atoms. The Bertz CT molecular complexity index is 1480. The largest absolute Gasteiger partial charge is 0.423 e. The van der Waals surface area contributed by atoms with Crippen molar-refractivity contribution in [3.8, 4) is 0 Å². The normalized spacial score (nSPS) is 18.5. The third-order valence-electron chi connectivity index (χ3n) is 7.82. The van der Waals surface area contributed by atoms with Crippen LogP contribution in [0.25, 0.3) is 0 Å². The number of benzene rings is 2. The number of rotatable bonds is 4. The quantitative estimate of drug-likeness (QED) is 0.311. The molecule has 4 nitrogen and oxygen atoms in total. The Labute approximate surface area is 227 Å². The Morgan fingerprint density at radius 1 is 0.842 bits per heavy atom. The maximum Gasteiger partial charge on any atom is 0.345 e. The molecule has 2 aromatic rings. The lowest BCUT2D eigenvalue weighted by atomic mass is 9.92. The highest BCUT2D eigenvalue weighted by Gasteiger charge is 2.32. The number of nitrogens with zero attached hydrogens (tertiary/aromatic N) is 2. The van der Waals surface area contributed by atoms with Gasteiger partial charge in [0.25, 0.3) is 0 Å². The number of fused-ring (bicyclic) bond motifs is 2. The van der Waals surface area contributed by atoms with Gasteiger partial charge in [-0.1, -0.05) is 56.4 Å². The summed E-state index contributed by atoms with van der Waals surface area (Å²) in [4.78, 5) is 19.6. The van der Waals surface area contributed by atoms with Crippen LogP contribution in [0.15, 0.2) is 88.3 Å². The molecule has 4 heteroatoms. The van der Waals surface area contributed by atoms with Gasteiger partial charge in [0.15, 0.2) is 0 Å². The molecule has 0 fully saturated rings. The topological polar surface area (TPSA) is 41.9 Å². The highest BCUT2D eigenvalue weighted by Crippen LogP contribution is 2.41. The first-order chi connectivity index (χ1) is 18.3. The van der Waals surface area contributed by atoms with E-state index in [9.17, 15) is 4.79 Å². The number of hydrogen-bond acceptors (Lipinski definition) is 4. The second kappa shape index (κ2) is 11.2. The average molecular weight is 507 g/mol. The molecule has 3 aliphatic heterocycles. The molecule has 0 amide bonds. The van der Waals surface area contributed by atoms with E-state index < -0.39 is 0 Å². The summed E-state index contributed by atoms with van der Waals surface area (Å²) >= 11 is 0. The maximum absolute atomic E-state index is 12.6. The zero-order chi connectivity index (χ0) is 27.6. The van der Waals surface area contributed by atoms with Crippen molar-refractivity contribution in [2.45, 2.75) is 61.3 Å². The van der Waals surface area contributed by atoms with Gasteiger partial charge >= 0.3 is 5.97 Å². The molecule has 5 rings (SSSR count). The van der Waals surface area contributed by atoms with E-state index in [1.165, 1.54) is 39.2 Å². The lowest BCUT2D eigenvalue weighted by Gasteiger charge is -2.20. The lowest BCUT2D eigenvalue weighted by Crippen LogP contribution is -2.12. The molecule has 3 aliphatic rings. The van der Waals surface area contributed by atoms with Gasteiger partial charge in [0.2, 0.25) is 0 Å². The van der Waals surface area contributed by atoms with E-state index in [0.29, 0.717) is 17.8 Å². The van der Waals surface area contributed by atoms with Gasteiger partial charge in [-0.2, -0.15) is 0 Å². The minimum Gasteiger partial charge on any atom is -0.423 e. The fourth-order valence-electron chi connectivity index (χ4n) is 5.37. The minimum atomic E-state index is -0.320. The summed E-state index contributed by atoms with van der Waals surface area (Å²) < 4.78 is 5.55. The van der Waals surface area contributed by atoms with Gasteiger partial charge in [0, 0.05) is 36.8 Å². The summed E-state index contributed by atoms with van der Waals surface area (Å²) in [6, 6.07) is 7.99. The lowest BCUT2D eigenvalue weighted by molar-refractivity contribution is -0.132. The summed E-state index contributed by atoms with van der Waals surface area (Å²) in [5.41, 5.74) is 13.9. The van der Waals surface area contributed by atoms with E-state index in [1.54, 1.807) is 0 Å². The Morgan fingerprint density at radius 2 is 1.50 bits per heavy atom. The summed E-state index contributed by atoms with van der Waals surface area (Å²) in [5, 5.41) is 0. The van der Waals surface area contributed by atoms with E-state index in [4.69, 9.17) is 4.74 Å². The molecule has 0 aromatic heterocycles. The first kappa shape index (κ1) is 27.1. The van der Waals surface area contributed by atoms with Gasteiger partial charge in [0.1, 0.15) is 5.76 Å². The molecule has 0 N–H and O–H groups in total. The van der Waals surface area contributed by atoms with Crippen LogP contribution in [-0.4, -0.2) is 18.7 Å². The number of hydrogen-bond donors (Lipinski definition) is 0. The van der Waals surface area contributed by atoms with Crippen molar-refractivity contribution < 1.29 is 9.53 Å². The van der Waals surface area contributed by atoms with Crippen LogP contribution < -0.4 is 4.90 Å². The first-order valence-corrected chi connectivity index (χ1v) is 13.4. The van der Waals surface area contributed by atoms with Crippen molar-refractivity contribution in [1.82, 2.24) is 0 Å². The number of aliphatic imine (C=N–C) groups is 1. The summed E-state index contributed by atoms with van der Waals surface area (Å²) in [6.07, 6.45) is 13.6. The molecule has 0 radical (unpaired) electrons. The molecule has 0 bridgehead atoms. The molecule has 0 unspecified atom stereocenters. The smallest absolute Gasteiger partial charge is 0.345 e.